The predicted molar refractivity (Wildman–Crippen MR) is 174 cm³/mol. The Kier molecular flexibility index (Phi) is 8.56. The highest BCUT2D eigenvalue weighted by Crippen LogP contribution is 2.28. The molecule has 3 N–H and O–H groups in total. The van der Waals surface area contributed by atoms with Crippen molar-refractivity contribution in [1.29, 1.82) is 0 Å². The summed E-state index contributed by atoms with van der Waals surface area (Å²) in [4.78, 5) is 26.4. The molecule has 0 saturated carbocycles. The number of aliphatic imine (C=N–C) groups is 2. The zero-order valence-electron chi connectivity index (χ0n) is 25.4. The first-order chi connectivity index (χ1) is 20.6. The van der Waals surface area contributed by atoms with E-state index in [4.69, 9.17) is 9.84 Å². The number of carbonyl (C=O) groups excluding carboxylic acids is 1. The number of hydrogen-bond donors (Lipinski definition) is 3. The number of aromatic nitrogens is 3. The first kappa shape index (κ1) is 29.5. The van der Waals surface area contributed by atoms with Crippen molar-refractivity contribution in [3.05, 3.63) is 84.2 Å². The maximum absolute atomic E-state index is 13.1. The van der Waals surface area contributed by atoms with E-state index in [1.54, 1.807) is 48.5 Å². The molecule has 3 heterocycles. The van der Waals surface area contributed by atoms with E-state index < -0.39 is 6.23 Å². The van der Waals surface area contributed by atoms with Crippen LogP contribution in [0.4, 0.5) is 16.3 Å². The number of benzene rings is 2. The summed E-state index contributed by atoms with van der Waals surface area (Å²) in [7, 11) is 1.74. The van der Waals surface area contributed by atoms with E-state index in [0.29, 0.717) is 23.2 Å². The molecular weight excluding hydrogens is 540 g/mol. The molecule has 5 rings (SSSR count). The fraction of sp³-hybridized carbons (Fsp3) is 0.303. The summed E-state index contributed by atoms with van der Waals surface area (Å²) in [5, 5.41) is 14.8. The molecule has 10 nitrogen and oxygen atoms in total. The minimum atomic E-state index is -0.515. The molecule has 0 saturated heterocycles. The van der Waals surface area contributed by atoms with Gasteiger partial charge in [-0.15, -0.1) is 0 Å². The van der Waals surface area contributed by atoms with Crippen LogP contribution in [0.2, 0.25) is 0 Å². The second kappa shape index (κ2) is 12.5. The Morgan fingerprint density at radius 2 is 1.93 bits per heavy atom. The molecule has 10 heteroatoms. The summed E-state index contributed by atoms with van der Waals surface area (Å²) < 4.78 is 7.94. The molecule has 1 aliphatic rings. The number of ether oxygens (including phenoxy) is 1. The topological polar surface area (TPSA) is 118 Å². The molecule has 4 aromatic rings. The van der Waals surface area contributed by atoms with Gasteiger partial charge in [-0.1, -0.05) is 59.2 Å². The van der Waals surface area contributed by atoms with E-state index >= 15 is 0 Å². The molecule has 0 radical (unpaired) electrons. The standard InChI is InChI=1S/C33H38N8O2/c1-7-21(2)17-26-30(34-6)36-20-37-31(26)43-25-14-11-23(12-15-25)38-32(42)39-29-19-28(33(3,4)5)40-41(29)24-13-10-22-9-8-16-35-27(22)18-24/h8-21,31H,7H2,1-6H3,(H,34,36,37)(H2,38,39,42)/b26-17+. The van der Waals surface area contributed by atoms with E-state index in [1.807, 2.05) is 36.4 Å². The third-order valence-electron chi connectivity index (χ3n) is 7.20. The van der Waals surface area contributed by atoms with Crippen molar-refractivity contribution in [2.24, 2.45) is 15.9 Å². The van der Waals surface area contributed by atoms with Crippen molar-refractivity contribution < 1.29 is 9.53 Å². The summed E-state index contributed by atoms with van der Waals surface area (Å²) in [6, 6.07) is 18.6. The second-order valence-corrected chi connectivity index (χ2v) is 11.5. The number of urea groups is 1. The Bertz CT molecular complexity index is 1700. The van der Waals surface area contributed by atoms with Crippen LogP contribution in [0.3, 0.4) is 0 Å². The van der Waals surface area contributed by atoms with Crippen molar-refractivity contribution in [3.63, 3.8) is 0 Å². The van der Waals surface area contributed by atoms with Crippen LogP contribution < -0.4 is 20.7 Å². The van der Waals surface area contributed by atoms with E-state index in [9.17, 15) is 4.79 Å². The van der Waals surface area contributed by atoms with Crippen LogP contribution in [-0.4, -0.2) is 46.2 Å². The van der Waals surface area contributed by atoms with Gasteiger partial charge in [-0.25, -0.2) is 14.5 Å². The number of pyridine rings is 1. The van der Waals surface area contributed by atoms with E-state index in [-0.39, 0.29) is 11.4 Å². The molecule has 0 fully saturated rings. The van der Waals surface area contributed by atoms with E-state index in [1.165, 1.54) is 0 Å². The van der Waals surface area contributed by atoms with Crippen molar-refractivity contribution >= 4 is 40.6 Å². The molecule has 0 spiro atoms. The van der Waals surface area contributed by atoms with Crippen LogP contribution in [0, 0.1) is 5.92 Å². The number of carbonyl (C=O) groups is 1. The van der Waals surface area contributed by atoms with Crippen molar-refractivity contribution in [2.45, 2.75) is 52.7 Å². The third kappa shape index (κ3) is 6.91. The lowest BCUT2D eigenvalue weighted by molar-refractivity contribution is 0.251. The van der Waals surface area contributed by atoms with Gasteiger partial charge in [0.1, 0.15) is 17.4 Å². The number of hydrogen-bond acceptors (Lipinski definition) is 6. The highest BCUT2D eigenvalue weighted by atomic mass is 16.5. The molecule has 222 valence electrons. The lowest BCUT2D eigenvalue weighted by Crippen LogP contribution is -2.37. The Balaban J connectivity index is 1.31. The maximum atomic E-state index is 13.1. The van der Waals surface area contributed by atoms with Gasteiger partial charge in [-0.3, -0.25) is 15.3 Å². The number of rotatable bonds is 7. The quantitative estimate of drug-likeness (QED) is 0.226. The summed E-state index contributed by atoms with van der Waals surface area (Å²) in [6.07, 6.45) is 5.99. The van der Waals surface area contributed by atoms with E-state index in [2.05, 4.69) is 71.6 Å². The number of amidine groups is 1. The van der Waals surface area contributed by atoms with Gasteiger partial charge in [0.2, 0.25) is 6.23 Å². The minimum absolute atomic E-state index is 0.213. The number of fused-ring (bicyclic) bond motifs is 1. The summed E-state index contributed by atoms with van der Waals surface area (Å²) in [5.74, 6) is 2.27. The van der Waals surface area contributed by atoms with Crippen molar-refractivity contribution in [1.82, 2.24) is 20.1 Å². The van der Waals surface area contributed by atoms with Gasteiger partial charge in [0.05, 0.1) is 28.8 Å². The molecule has 43 heavy (non-hydrogen) atoms. The largest absolute Gasteiger partial charge is 0.464 e. The normalized spacial score (nSPS) is 17.6. The Morgan fingerprint density at radius 1 is 1.14 bits per heavy atom. The highest BCUT2D eigenvalue weighted by molar-refractivity contribution is 6.06. The van der Waals surface area contributed by atoms with Gasteiger partial charge >= 0.3 is 6.03 Å². The lowest BCUT2D eigenvalue weighted by atomic mass is 9.92. The number of nitrogens with zero attached hydrogens (tertiary/aromatic N) is 5. The molecule has 2 amide bonds. The average Bonchev–Trinajstić information content (AvgIpc) is 3.43. The van der Waals surface area contributed by atoms with Gasteiger partial charge in [0.15, 0.2) is 0 Å². The molecule has 0 bridgehead atoms. The first-order valence-electron chi connectivity index (χ1n) is 14.4. The molecule has 1 aliphatic heterocycles. The van der Waals surface area contributed by atoms with Gasteiger partial charge < -0.3 is 15.4 Å². The average molecular weight is 579 g/mol. The Labute approximate surface area is 252 Å². The first-order valence-corrected chi connectivity index (χ1v) is 14.4. The highest BCUT2D eigenvalue weighted by Gasteiger charge is 2.24. The fourth-order valence-electron chi connectivity index (χ4n) is 4.56. The molecule has 2 aromatic carbocycles. The van der Waals surface area contributed by atoms with Gasteiger partial charge in [-0.2, -0.15) is 5.10 Å². The monoisotopic (exact) mass is 578 g/mol. The van der Waals surface area contributed by atoms with Crippen LogP contribution in [-0.2, 0) is 5.41 Å². The molecular formula is C33H38N8O2. The van der Waals surface area contributed by atoms with Crippen LogP contribution >= 0.6 is 0 Å². The lowest BCUT2D eigenvalue weighted by Gasteiger charge is -2.24. The molecule has 0 aliphatic carbocycles. The smallest absolute Gasteiger partial charge is 0.324 e. The van der Waals surface area contributed by atoms with Crippen LogP contribution in [0.1, 0.15) is 46.7 Å². The van der Waals surface area contributed by atoms with Crippen LogP contribution in [0.15, 0.2) is 88.5 Å². The zero-order valence-corrected chi connectivity index (χ0v) is 25.4. The molecule has 2 aromatic heterocycles. The molecule has 2 atom stereocenters. The second-order valence-electron chi connectivity index (χ2n) is 11.5. The Morgan fingerprint density at radius 3 is 2.65 bits per heavy atom. The minimum Gasteiger partial charge on any atom is -0.464 e. The molecule has 2 unspecified atom stereocenters. The third-order valence-corrected chi connectivity index (χ3v) is 7.20. The van der Waals surface area contributed by atoms with Crippen LogP contribution in [0.5, 0.6) is 5.75 Å². The fourth-order valence-corrected chi connectivity index (χ4v) is 4.56. The van der Waals surface area contributed by atoms with Gasteiger partial charge in [-0.05, 0) is 48.4 Å². The number of nitrogens with one attached hydrogen (secondary N) is 3. The van der Waals surface area contributed by atoms with Gasteiger partial charge in [0, 0.05) is 35.8 Å². The number of anilines is 2. The number of amides is 2. The van der Waals surface area contributed by atoms with E-state index in [0.717, 1.165) is 40.1 Å². The predicted octanol–water partition coefficient (Wildman–Crippen LogP) is 6.70. The summed E-state index contributed by atoms with van der Waals surface area (Å²) >= 11 is 0. The summed E-state index contributed by atoms with van der Waals surface area (Å²) in [5.41, 5.74) is 3.80. The SMILES string of the molecule is CCC(C)/C=C1\C(=NC)NC=NC1Oc1ccc(NC(=O)Nc2cc(C(C)(C)C)nn2-c2ccc3cccnc3c2)cc1. The van der Waals surface area contributed by atoms with Crippen molar-refractivity contribution in [3.8, 4) is 11.4 Å². The Hall–Kier alpha value is -4.99. The van der Waals surface area contributed by atoms with Gasteiger partial charge in [0.25, 0.3) is 0 Å². The van der Waals surface area contributed by atoms with Crippen molar-refractivity contribution in [2.75, 3.05) is 17.7 Å². The van der Waals surface area contributed by atoms with Crippen LogP contribution in [0.25, 0.3) is 16.6 Å². The zero-order chi connectivity index (χ0) is 30.6. The summed E-state index contributed by atoms with van der Waals surface area (Å²) in [6.45, 7) is 10.5. The maximum Gasteiger partial charge on any atom is 0.324 e. The number of allylic oxidation sites excluding steroid dienone is 1.